The maximum absolute atomic E-state index is 10.7. The molecule has 3 nitrogen and oxygen atoms in total. The molecule has 0 amide bonds. The monoisotopic (exact) mass is 262 g/mol. The van der Waals surface area contributed by atoms with Crippen LogP contribution < -0.4 is 0 Å². The minimum atomic E-state index is -4.28. The molecule has 0 saturated carbocycles. The van der Waals surface area contributed by atoms with Crippen molar-refractivity contribution in [2.45, 2.75) is 10.8 Å². The molecule has 0 radical (unpaired) electrons. The fourth-order valence-electron chi connectivity index (χ4n) is 0.867. The third-order valence-corrected chi connectivity index (χ3v) is 3.32. The van der Waals surface area contributed by atoms with Gasteiger partial charge in [0.2, 0.25) is 0 Å². The minimum absolute atomic E-state index is 0.0384. The molecular formula is C6H5Cl3O3S. The highest BCUT2D eigenvalue weighted by molar-refractivity contribution is 7.90. The highest BCUT2D eigenvalue weighted by Gasteiger charge is 2.30. The van der Waals surface area contributed by atoms with Gasteiger partial charge in [-0.15, -0.1) is 0 Å². The highest BCUT2D eigenvalue weighted by Crippen LogP contribution is 2.38. The largest absolute Gasteiger partial charge is 0.295 e. The number of hydrogen-bond donors (Lipinski definition) is 1. The molecule has 1 aliphatic rings. The zero-order valence-electron chi connectivity index (χ0n) is 6.17. The van der Waals surface area contributed by atoms with Crippen molar-refractivity contribution in [3.8, 4) is 0 Å². The van der Waals surface area contributed by atoms with Crippen LogP contribution in [0.25, 0.3) is 0 Å². The molecule has 0 saturated heterocycles. The van der Waals surface area contributed by atoms with Crippen molar-refractivity contribution in [3.63, 3.8) is 0 Å². The standard InChI is InChI=1S/C6H5Cl3O3S/c7-4-3-6(8,9)2-1-5(4)13(10,11)12/h1-2H,3H2,(H,10,11,12). The van der Waals surface area contributed by atoms with E-state index in [1.807, 2.05) is 0 Å². The molecule has 1 rings (SSSR count). The number of rotatable bonds is 1. The molecule has 0 aliphatic heterocycles. The summed E-state index contributed by atoms with van der Waals surface area (Å²) in [7, 11) is -4.28. The van der Waals surface area contributed by atoms with Gasteiger partial charge in [-0.25, -0.2) is 0 Å². The summed E-state index contributed by atoms with van der Waals surface area (Å²) in [6.07, 6.45) is 2.30. The summed E-state index contributed by atoms with van der Waals surface area (Å²) in [5.74, 6) is 0. The molecular weight excluding hydrogens is 258 g/mol. The minimum Gasteiger partial charge on any atom is -0.282 e. The fraction of sp³-hybridized carbons (Fsp3) is 0.333. The third-order valence-electron chi connectivity index (χ3n) is 1.41. The summed E-state index contributed by atoms with van der Waals surface area (Å²) >= 11 is 16.9. The van der Waals surface area contributed by atoms with Gasteiger partial charge in [0, 0.05) is 11.5 Å². The first-order valence-corrected chi connectivity index (χ1v) is 5.73. The van der Waals surface area contributed by atoms with E-state index >= 15 is 0 Å². The average Bonchev–Trinajstić information content (AvgIpc) is 1.80. The van der Waals surface area contributed by atoms with Gasteiger partial charge in [-0.2, -0.15) is 8.42 Å². The average molecular weight is 264 g/mol. The van der Waals surface area contributed by atoms with Crippen molar-refractivity contribution in [2.24, 2.45) is 0 Å². The van der Waals surface area contributed by atoms with Crippen LogP contribution in [0.3, 0.4) is 0 Å². The maximum Gasteiger partial charge on any atom is 0.295 e. The quantitative estimate of drug-likeness (QED) is 0.584. The second-order valence-electron chi connectivity index (χ2n) is 2.52. The molecule has 1 aliphatic carbocycles. The summed E-state index contributed by atoms with van der Waals surface area (Å²) < 4.78 is 28.8. The van der Waals surface area contributed by atoms with E-state index in [2.05, 4.69) is 0 Å². The lowest BCUT2D eigenvalue weighted by atomic mass is 10.2. The van der Waals surface area contributed by atoms with E-state index in [1.54, 1.807) is 0 Å². The molecule has 0 aromatic carbocycles. The van der Waals surface area contributed by atoms with Crippen LogP contribution in [-0.4, -0.2) is 17.3 Å². The van der Waals surface area contributed by atoms with Gasteiger partial charge in [0.05, 0.1) is 0 Å². The first-order valence-electron chi connectivity index (χ1n) is 3.15. The summed E-state index contributed by atoms with van der Waals surface area (Å²) in [5.41, 5.74) is 0. The van der Waals surface area contributed by atoms with E-state index in [0.717, 1.165) is 6.08 Å². The smallest absolute Gasteiger partial charge is 0.282 e. The van der Waals surface area contributed by atoms with E-state index in [4.69, 9.17) is 39.4 Å². The van der Waals surface area contributed by atoms with E-state index in [9.17, 15) is 8.42 Å². The Morgan fingerprint density at radius 1 is 1.46 bits per heavy atom. The van der Waals surface area contributed by atoms with Crippen molar-refractivity contribution in [1.82, 2.24) is 0 Å². The van der Waals surface area contributed by atoms with Crippen molar-refractivity contribution in [3.05, 3.63) is 22.1 Å². The Bertz CT molecular complexity index is 380. The molecule has 13 heavy (non-hydrogen) atoms. The van der Waals surface area contributed by atoms with E-state index in [-0.39, 0.29) is 16.4 Å². The second kappa shape index (κ2) is 3.44. The lowest BCUT2D eigenvalue weighted by Gasteiger charge is -2.19. The van der Waals surface area contributed by atoms with Gasteiger partial charge in [0.25, 0.3) is 10.1 Å². The highest BCUT2D eigenvalue weighted by atomic mass is 35.5. The van der Waals surface area contributed by atoms with Gasteiger partial charge in [-0.05, 0) is 12.2 Å². The number of allylic oxidation sites excluding steroid dienone is 3. The van der Waals surface area contributed by atoms with E-state index in [0.29, 0.717) is 0 Å². The first-order chi connectivity index (χ1) is 5.72. The van der Waals surface area contributed by atoms with Crippen LogP contribution in [0.5, 0.6) is 0 Å². The summed E-state index contributed by atoms with van der Waals surface area (Å²) in [4.78, 5) is -0.355. The van der Waals surface area contributed by atoms with Crippen LogP contribution in [0, 0.1) is 0 Å². The molecule has 0 heterocycles. The SMILES string of the molecule is O=S(=O)(O)C1=C(Cl)CC(Cl)(Cl)C=C1. The zero-order chi connectivity index (χ0) is 10.3. The molecule has 0 unspecified atom stereocenters. The van der Waals surface area contributed by atoms with Gasteiger partial charge < -0.3 is 0 Å². The van der Waals surface area contributed by atoms with Crippen LogP contribution in [0.2, 0.25) is 0 Å². The van der Waals surface area contributed by atoms with Gasteiger partial charge in [0.1, 0.15) is 9.24 Å². The predicted octanol–water partition coefficient (Wildman–Crippen LogP) is 2.46. The van der Waals surface area contributed by atoms with Gasteiger partial charge in [-0.3, -0.25) is 4.55 Å². The van der Waals surface area contributed by atoms with Crippen molar-refractivity contribution >= 4 is 44.9 Å². The Labute approximate surface area is 90.7 Å². The zero-order valence-corrected chi connectivity index (χ0v) is 9.25. The van der Waals surface area contributed by atoms with Crippen LogP contribution >= 0.6 is 34.8 Å². The Morgan fingerprint density at radius 3 is 2.38 bits per heavy atom. The molecule has 0 aromatic rings. The maximum atomic E-state index is 10.7. The Kier molecular flexibility index (Phi) is 3.00. The van der Waals surface area contributed by atoms with E-state index < -0.39 is 14.5 Å². The van der Waals surface area contributed by atoms with Gasteiger partial charge in [0.15, 0.2) is 0 Å². The van der Waals surface area contributed by atoms with Crippen LogP contribution in [0.15, 0.2) is 22.1 Å². The lowest BCUT2D eigenvalue weighted by molar-refractivity contribution is 0.491. The second-order valence-corrected chi connectivity index (χ2v) is 5.90. The van der Waals surface area contributed by atoms with E-state index in [1.165, 1.54) is 6.08 Å². The van der Waals surface area contributed by atoms with Crippen LogP contribution in [0.1, 0.15) is 6.42 Å². The molecule has 7 heteroatoms. The van der Waals surface area contributed by atoms with Crippen molar-refractivity contribution in [2.75, 3.05) is 0 Å². The Morgan fingerprint density at radius 2 is 2.00 bits per heavy atom. The lowest BCUT2D eigenvalue weighted by Crippen LogP contribution is -2.15. The number of halogens is 3. The Hall–Kier alpha value is 0.260. The molecule has 0 atom stereocenters. The van der Waals surface area contributed by atoms with Crippen molar-refractivity contribution in [1.29, 1.82) is 0 Å². The van der Waals surface area contributed by atoms with Gasteiger partial charge >= 0.3 is 0 Å². The topological polar surface area (TPSA) is 54.4 Å². The van der Waals surface area contributed by atoms with Crippen LogP contribution in [-0.2, 0) is 10.1 Å². The summed E-state index contributed by atoms with van der Waals surface area (Å²) in [5, 5.41) is -0.0741. The molecule has 1 N–H and O–H groups in total. The molecule has 0 bridgehead atoms. The summed E-state index contributed by atoms with van der Waals surface area (Å²) in [6, 6.07) is 0. The molecule has 0 fully saturated rings. The first kappa shape index (κ1) is 11.3. The predicted molar refractivity (Wildman–Crippen MR) is 52.6 cm³/mol. The van der Waals surface area contributed by atoms with Gasteiger partial charge in [-0.1, -0.05) is 34.8 Å². The summed E-state index contributed by atoms with van der Waals surface area (Å²) in [6.45, 7) is 0. The number of alkyl halides is 2. The fourth-order valence-corrected chi connectivity index (χ4v) is 2.56. The third kappa shape index (κ3) is 2.86. The number of hydrogen-bond acceptors (Lipinski definition) is 2. The molecule has 74 valence electrons. The van der Waals surface area contributed by atoms with Crippen LogP contribution in [0.4, 0.5) is 0 Å². The molecule has 0 spiro atoms. The Balaban J connectivity index is 3.13. The van der Waals surface area contributed by atoms with Crippen molar-refractivity contribution < 1.29 is 13.0 Å². The molecule has 0 aromatic heterocycles. The normalized spacial score (nSPS) is 22.2.